The summed E-state index contributed by atoms with van der Waals surface area (Å²) >= 11 is 0. The second-order valence-corrected chi connectivity index (χ2v) is 8.95. The summed E-state index contributed by atoms with van der Waals surface area (Å²) in [6.07, 6.45) is 4.65. The first-order valence-electron chi connectivity index (χ1n) is 8.51. The molecule has 0 bridgehead atoms. The second kappa shape index (κ2) is 7.36. The molecule has 0 aliphatic carbocycles. The number of nitrogens with one attached hydrogen (secondary N) is 1. The third-order valence-corrected chi connectivity index (χ3v) is 6.51. The van der Waals surface area contributed by atoms with Crippen molar-refractivity contribution in [2.75, 3.05) is 37.8 Å². The van der Waals surface area contributed by atoms with Crippen molar-refractivity contribution < 1.29 is 22.7 Å². The van der Waals surface area contributed by atoms with Gasteiger partial charge in [-0.3, -0.25) is 0 Å². The molecular weight excluding hydrogens is 320 g/mol. The summed E-state index contributed by atoms with van der Waals surface area (Å²) in [7, 11) is -2.99. The largest absolute Gasteiger partial charge is 0.376 e. The van der Waals surface area contributed by atoms with Crippen molar-refractivity contribution in [1.29, 1.82) is 0 Å². The van der Waals surface area contributed by atoms with Gasteiger partial charge in [-0.2, -0.15) is 0 Å². The van der Waals surface area contributed by atoms with E-state index in [1.54, 1.807) is 4.90 Å². The molecule has 0 aromatic rings. The van der Waals surface area contributed by atoms with E-state index in [9.17, 15) is 13.2 Å². The van der Waals surface area contributed by atoms with E-state index in [1.165, 1.54) is 0 Å². The maximum atomic E-state index is 12.6. The maximum Gasteiger partial charge on any atom is 0.317 e. The summed E-state index contributed by atoms with van der Waals surface area (Å²) in [5, 5.41) is 2.88. The van der Waals surface area contributed by atoms with Gasteiger partial charge in [-0.15, -0.1) is 0 Å². The van der Waals surface area contributed by atoms with Crippen LogP contribution >= 0.6 is 0 Å². The number of hydrogen-bond acceptors (Lipinski definition) is 5. The lowest BCUT2D eigenvalue weighted by molar-refractivity contribution is 0.0494. The lowest BCUT2D eigenvalue weighted by atomic mass is 10.2. The Morgan fingerprint density at radius 3 is 2.09 bits per heavy atom. The smallest absolute Gasteiger partial charge is 0.317 e. The molecule has 23 heavy (non-hydrogen) atoms. The second-order valence-electron chi connectivity index (χ2n) is 6.72. The molecule has 0 aromatic carbocycles. The Morgan fingerprint density at radius 2 is 1.65 bits per heavy atom. The molecule has 7 nitrogen and oxygen atoms in total. The minimum Gasteiger partial charge on any atom is -0.376 e. The summed E-state index contributed by atoms with van der Waals surface area (Å²) in [4.78, 5) is 14.3. The molecular formula is C15H26N2O5S. The average Bonchev–Trinajstić information content (AvgIpc) is 3.21. The monoisotopic (exact) mass is 346 g/mol. The van der Waals surface area contributed by atoms with Crippen LogP contribution < -0.4 is 5.32 Å². The fourth-order valence-corrected chi connectivity index (χ4v) is 5.16. The van der Waals surface area contributed by atoms with Gasteiger partial charge in [0.25, 0.3) is 0 Å². The molecule has 2 amide bonds. The highest BCUT2D eigenvalue weighted by Gasteiger charge is 2.32. The number of amides is 2. The van der Waals surface area contributed by atoms with Crippen LogP contribution in [-0.2, 0) is 19.3 Å². The molecule has 0 saturated carbocycles. The van der Waals surface area contributed by atoms with Crippen LogP contribution in [0.25, 0.3) is 0 Å². The van der Waals surface area contributed by atoms with Gasteiger partial charge in [-0.25, -0.2) is 13.2 Å². The minimum atomic E-state index is -2.99. The highest BCUT2D eigenvalue weighted by Crippen LogP contribution is 2.18. The first-order valence-corrected chi connectivity index (χ1v) is 10.3. The van der Waals surface area contributed by atoms with E-state index >= 15 is 0 Å². The van der Waals surface area contributed by atoms with Gasteiger partial charge in [0.2, 0.25) is 0 Å². The summed E-state index contributed by atoms with van der Waals surface area (Å²) < 4.78 is 34.4. The van der Waals surface area contributed by atoms with Gasteiger partial charge in [0.15, 0.2) is 9.84 Å². The zero-order valence-electron chi connectivity index (χ0n) is 13.4. The van der Waals surface area contributed by atoms with Crippen LogP contribution in [0.3, 0.4) is 0 Å². The highest BCUT2D eigenvalue weighted by atomic mass is 32.2. The number of urea groups is 1. The van der Waals surface area contributed by atoms with E-state index < -0.39 is 9.84 Å². The van der Waals surface area contributed by atoms with Gasteiger partial charge in [-0.05, 0) is 32.1 Å². The molecule has 0 spiro atoms. The molecule has 3 rings (SSSR count). The van der Waals surface area contributed by atoms with Gasteiger partial charge in [0, 0.05) is 32.3 Å². The summed E-state index contributed by atoms with van der Waals surface area (Å²) in [5.74, 6) is 0.210. The SMILES string of the molecule is O=C(N[C@@H]1CCS(=O)(=O)C1)N(C[C@@H]1CCCO1)C[C@@H]1CCCO1. The van der Waals surface area contributed by atoms with Crippen LogP contribution in [0.4, 0.5) is 4.79 Å². The van der Waals surface area contributed by atoms with Crippen molar-refractivity contribution in [2.45, 2.75) is 50.4 Å². The zero-order chi connectivity index (χ0) is 16.3. The van der Waals surface area contributed by atoms with Crippen molar-refractivity contribution in [3.8, 4) is 0 Å². The van der Waals surface area contributed by atoms with Crippen LogP contribution in [0.2, 0.25) is 0 Å². The number of carbonyl (C=O) groups is 1. The van der Waals surface area contributed by atoms with Gasteiger partial charge in [-0.1, -0.05) is 0 Å². The molecule has 8 heteroatoms. The Morgan fingerprint density at radius 1 is 1.04 bits per heavy atom. The van der Waals surface area contributed by atoms with E-state index in [0.717, 1.165) is 38.9 Å². The Hall–Kier alpha value is -0.860. The molecule has 3 fully saturated rings. The molecule has 3 heterocycles. The minimum absolute atomic E-state index is 0.0481. The van der Waals surface area contributed by atoms with Gasteiger partial charge in [0.05, 0.1) is 23.7 Å². The quantitative estimate of drug-likeness (QED) is 0.785. The fraction of sp³-hybridized carbons (Fsp3) is 0.933. The molecule has 0 aromatic heterocycles. The third kappa shape index (κ3) is 4.81. The Labute approximate surface area is 137 Å². The van der Waals surface area contributed by atoms with E-state index in [1.807, 2.05) is 0 Å². The van der Waals surface area contributed by atoms with Crippen LogP contribution in [-0.4, -0.2) is 75.4 Å². The summed E-state index contributed by atoms with van der Waals surface area (Å²) in [6, 6.07) is -0.470. The number of carbonyl (C=O) groups excluding carboxylic acids is 1. The van der Waals surface area contributed by atoms with E-state index in [-0.39, 0.29) is 35.8 Å². The predicted octanol–water partition coefficient (Wildman–Crippen LogP) is 0.543. The molecule has 0 radical (unpaired) electrons. The number of rotatable bonds is 5. The van der Waals surface area contributed by atoms with Gasteiger partial charge in [0.1, 0.15) is 0 Å². The highest BCUT2D eigenvalue weighted by molar-refractivity contribution is 7.91. The van der Waals surface area contributed by atoms with Crippen LogP contribution in [0.15, 0.2) is 0 Å². The zero-order valence-corrected chi connectivity index (χ0v) is 14.2. The molecule has 1 N–H and O–H groups in total. The maximum absolute atomic E-state index is 12.6. The van der Waals surface area contributed by atoms with Crippen LogP contribution in [0.5, 0.6) is 0 Å². The third-order valence-electron chi connectivity index (χ3n) is 4.74. The predicted molar refractivity (Wildman–Crippen MR) is 85.1 cm³/mol. The summed E-state index contributed by atoms with van der Waals surface area (Å²) in [5.41, 5.74) is 0. The molecule has 3 saturated heterocycles. The first kappa shape index (κ1) is 17.0. The van der Waals surface area contributed by atoms with Crippen molar-refractivity contribution in [3.63, 3.8) is 0 Å². The van der Waals surface area contributed by atoms with Crippen LogP contribution in [0, 0.1) is 0 Å². The van der Waals surface area contributed by atoms with E-state index in [2.05, 4.69) is 5.32 Å². The Balaban J connectivity index is 1.57. The topological polar surface area (TPSA) is 84.9 Å². The number of sulfone groups is 1. The Kier molecular flexibility index (Phi) is 5.43. The van der Waals surface area contributed by atoms with Gasteiger partial charge >= 0.3 is 6.03 Å². The fourth-order valence-electron chi connectivity index (χ4n) is 3.48. The number of ether oxygens (including phenoxy) is 2. The number of nitrogens with zero attached hydrogens (tertiary/aromatic N) is 1. The lowest BCUT2D eigenvalue weighted by Gasteiger charge is -2.29. The molecule has 3 aliphatic heterocycles. The van der Waals surface area contributed by atoms with E-state index in [4.69, 9.17) is 9.47 Å². The van der Waals surface area contributed by atoms with Crippen molar-refractivity contribution in [1.82, 2.24) is 10.2 Å². The first-order chi connectivity index (χ1) is 11.0. The molecule has 3 atom stereocenters. The van der Waals surface area contributed by atoms with Crippen molar-refractivity contribution in [2.24, 2.45) is 0 Å². The van der Waals surface area contributed by atoms with Gasteiger partial charge < -0.3 is 19.7 Å². The van der Waals surface area contributed by atoms with E-state index in [0.29, 0.717) is 19.5 Å². The average molecular weight is 346 g/mol. The normalized spacial score (nSPS) is 33.0. The standard InChI is InChI=1S/C15H26N2O5S/c18-15(16-12-5-8-23(19,20)11-12)17(9-13-3-1-6-21-13)10-14-4-2-7-22-14/h12-14H,1-11H2,(H,16,18)/t12-,13+,14+/m1/s1. The molecule has 3 aliphatic rings. The number of hydrogen-bond donors (Lipinski definition) is 1. The van der Waals surface area contributed by atoms with Crippen molar-refractivity contribution in [3.05, 3.63) is 0 Å². The Bertz CT molecular complexity index is 494. The summed E-state index contributed by atoms with van der Waals surface area (Å²) in [6.45, 7) is 2.60. The lowest BCUT2D eigenvalue weighted by Crippen LogP contribution is -2.50. The molecule has 0 unspecified atom stereocenters. The van der Waals surface area contributed by atoms with Crippen molar-refractivity contribution >= 4 is 15.9 Å². The molecule has 132 valence electrons. The van der Waals surface area contributed by atoms with Crippen LogP contribution in [0.1, 0.15) is 32.1 Å².